The van der Waals surface area contributed by atoms with Crippen LogP contribution in [0.4, 0.5) is 5.69 Å². The molecule has 0 aliphatic carbocycles. The van der Waals surface area contributed by atoms with E-state index in [2.05, 4.69) is 26.3 Å². The van der Waals surface area contributed by atoms with Crippen molar-refractivity contribution in [3.8, 4) is 6.07 Å². The molecule has 2 saturated heterocycles. The number of fused-ring (bicyclic) bond motifs is 1. The number of nitrogens with zero attached hydrogens (tertiary/aromatic N) is 4. The van der Waals surface area contributed by atoms with Crippen molar-refractivity contribution >= 4 is 22.6 Å². The van der Waals surface area contributed by atoms with E-state index < -0.39 is 0 Å². The number of rotatable bonds is 2. The third-order valence-electron chi connectivity index (χ3n) is 4.95. The highest BCUT2D eigenvalue weighted by atomic mass is 16.2. The molecule has 2 aromatic rings. The molecule has 2 fully saturated rings. The maximum Gasteiger partial charge on any atom is 0.245 e. The van der Waals surface area contributed by atoms with Gasteiger partial charge in [0.2, 0.25) is 5.91 Å². The normalized spacial score (nSPS) is 21.2. The van der Waals surface area contributed by atoms with Crippen molar-refractivity contribution in [2.24, 2.45) is 0 Å². The lowest BCUT2D eigenvalue weighted by atomic mass is 10.1. The molecule has 2 aromatic heterocycles. The van der Waals surface area contributed by atoms with Gasteiger partial charge < -0.3 is 20.1 Å². The smallest absolute Gasteiger partial charge is 0.245 e. The molecular formula is C17H20N6O. The predicted octanol–water partition coefficient (Wildman–Crippen LogP) is 0.835. The van der Waals surface area contributed by atoms with Crippen LogP contribution < -0.4 is 10.2 Å². The number of aromatic amines is 1. The summed E-state index contributed by atoms with van der Waals surface area (Å²) >= 11 is 0. The lowest BCUT2D eigenvalue weighted by Crippen LogP contribution is -2.52. The van der Waals surface area contributed by atoms with Gasteiger partial charge in [-0.05, 0) is 18.9 Å². The zero-order valence-electron chi connectivity index (χ0n) is 13.5. The van der Waals surface area contributed by atoms with Crippen LogP contribution in [0.2, 0.25) is 0 Å². The highest BCUT2D eigenvalue weighted by Crippen LogP contribution is 2.33. The molecule has 4 rings (SSSR count). The minimum atomic E-state index is -0.143. The van der Waals surface area contributed by atoms with Gasteiger partial charge in [-0.15, -0.1) is 0 Å². The Morgan fingerprint density at radius 1 is 1.33 bits per heavy atom. The van der Waals surface area contributed by atoms with E-state index >= 15 is 0 Å². The van der Waals surface area contributed by atoms with Crippen LogP contribution in [-0.2, 0) is 4.79 Å². The predicted molar refractivity (Wildman–Crippen MR) is 90.6 cm³/mol. The Morgan fingerprint density at radius 3 is 2.96 bits per heavy atom. The number of anilines is 1. The summed E-state index contributed by atoms with van der Waals surface area (Å²) < 4.78 is 0. The molecule has 4 heterocycles. The van der Waals surface area contributed by atoms with Gasteiger partial charge in [-0.1, -0.05) is 0 Å². The monoisotopic (exact) mass is 324 g/mol. The molecule has 1 amide bonds. The Balaban J connectivity index is 1.69. The first kappa shape index (κ1) is 15.0. The van der Waals surface area contributed by atoms with E-state index in [0.29, 0.717) is 11.2 Å². The van der Waals surface area contributed by atoms with Crippen LogP contribution in [0.15, 0.2) is 18.5 Å². The topological polar surface area (TPSA) is 88.0 Å². The lowest BCUT2D eigenvalue weighted by Gasteiger charge is -2.34. The van der Waals surface area contributed by atoms with Gasteiger partial charge >= 0.3 is 0 Å². The molecule has 7 nitrogen and oxygen atoms in total. The maximum atomic E-state index is 13.0. The Morgan fingerprint density at radius 2 is 2.17 bits per heavy atom. The molecular weight excluding hydrogens is 304 g/mol. The van der Waals surface area contributed by atoms with E-state index in [1.807, 2.05) is 11.0 Å². The average Bonchev–Trinajstić information content (AvgIpc) is 3.28. The van der Waals surface area contributed by atoms with Crippen LogP contribution in [0.25, 0.3) is 11.0 Å². The highest BCUT2D eigenvalue weighted by molar-refractivity contribution is 5.97. The van der Waals surface area contributed by atoms with Crippen molar-refractivity contribution in [2.45, 2.75) is 18.9 Å². The molecule has 2 aliphatic heterocycles. The van der Waals surface area contributed by atoms with Gasteiger partial charge in [0.05, 0.1) is 16.6 Å². The summed E-state index contributed by atoms with van der Waals surface area (Å²) in [5.41, 5.74) is 2.21. The first-order valence-corrected chi connectivity index (χ1v) is 8.42. The van der Waals surface area contributed by atoms with Crippen molar-refractivity contribution in [3.05, 3.63) is 24.0 Å². The Bertz CT molecular complexity index is 801. The molecule has 0 aromatic carbocycles. The highest BCUT2D eigenvalue weighted by Gasteiger charge is 2.35. The lowest BCUT2D eigenvalue weighted by molar-refractivity contribution is -0.132. The summed E-state index contributed by atoms with van der Waals surface area (Å²) in [6.07, 6.45) is 5.27. The van der Waals surface area contributed by atoms with Gasteiger partial charge in [0, 0.05) is 45.1 Å². The van der Waals surface area contributed by atoms with Crippen LogP contribution in [-0.4, -0.2) is 59.5 Å². The van der Waals surface area contributed by atoms with Gasteiger partial charge in [-0.2, -0.15) is 5.26 Å². The van der Waals surface area contributed by atoms with Crippen LogP contribution in [0.5, 0.6) is 0 Å². The zero-order valence-corrected chi connectivity index (χ0v) is 13.5. The van der Waals surface area contributed by atoms with Crippen molar-refractivity contribution in [1.29, 1.82) is 5.26 Å². The maximum absolute atomic E-state index is 13.0. The fraction of sp³-hybridized carbons (Fsp3) is 0.471. The summed E-state index contributed by atoms with van der Waals surface area (Å²) in [4.78, 5) is 24.4. The summed E-state index contributed by atoms with van der Waals surface area (Å²) in [5, 5.41) is 13.5. The van der Waals surface area contributed by atoms with E-state index in [0.717, 1.165) is 56.6 Å². The van der Waals surface area contributed by atoms with Gasteiger partial charge in [-0.25, -0.2) is 4.98 Å². The van der Waals surface area contributed by atoms with Gasteiger partial charge in [-0.3, -0.25) is 4.79 Å². The van der Waals surface area contributed by atoms with Crippen molar-refractivity contribution in [1.82, 2.24) is 20.2 Å². The van der Waals surface area contributed by atoms with Crippen LogP contribution in [0.3, 0.4) is 0 Å². The number of amides is 1. The third-order valence-corrected chi connectivity index (χ3v) is 4.95. The number of nitriles is 1. The van der Waals surface area contributed by atoms with Crippen molar-refractivity contribution in [3.63, 3.8) is 0 Å². The number of pyridine rings is 1. The average molecular weight is 324 g/mol. The third kappa shape index (κ3) is 2.39. The quantitative estimate of drug-likeness (QED) is 0.854. The van der Waals surface area contributed by atoms with Crippen molar-refractivity contribution in [2.75, 3.05) is 37.6 Å². The van der Waals surface area contributed by atoms with E-state index in [9.17, 15) is 10.1 Å². The van der Waals surface area contributed by atoms with E-state index in [1.165, 1.54) is 0 Å². The fourth-order valence-corrected chi connectivity index (χ4v) is 3.77. The molecule has 124 valence electrons. The number of hydrogen-bond acceptors (Lipinski definition) is 5. The molecule has 0 radical (unpaired) electrons. The molecule has 0 unspecified atom stereocenters. The number of piperazine rings is 1. The minimum absolute atomic E-state index is 0.143. The number of nitrogens with one attached hydrogen (secondary N) is 2. The second-order valence-corrected chi connectivity index (χ2v) is 6.29. The fourth-order valence-electron chi connectivity index (χ4n) is 3.77. The summed E-state index contributed by atoms with van der Waals surface area (Å²) in [7, 11) is 0. The molecule has 0 bridgehead atoms. The second-order valence-electron chi connectivity index (χ2n) is 6.29. The molecule has 2 aliphatic rings. The number of aromatic nitrogens is 2. The molecule has 7 heteroatoms. The largest absolute Gasteiger partial charge is 0.359 e. The standard InChI is InChI=1S/C17H20N6O/c18-10-12-11-21-16-15(12)13(3-4-20-16)23-7-1-2-14(23)17(24)22-8-5-19-6-9-22/h3-4,11,14,19H,1-2,5-9H2,(H,20,21)/t14-/m1/s1. The Hall–Kier alpha value is -2.59. The molecule has 1 atom stereocenters. The minimum Gasteiger partial charge on any atom is -0.359 e. The molecule has 0 spiro atoms. The first-order valence-electron chi connectivity index (χ1n) is 8.42. The van der Waals surface area contributed by atoms with Gasteiger partial charge in [0.1, 0.15) is 17.8 Å². The number of hydrogen-bond donors (Lipinski definition) is 2. The molecule has 2 N–H and O–H groups in total. The number of carbonyl (C=O) groups is 1. The second kappa shape index (κ2) is 6.13. The summed E-state index contributed by atoms with van der Waals surface area (Å²) in [5.74, 6) is 0.202. The molecule has 24 heavy (non-hydrogen) atoms. The van der Waals surface area contributed by atoms with Gasteiger partial charge in [0.25, 0.3) is 0 Å². The number of H-pyrrole nitrogens is 1. The SMILES string of the molecule is N#Cc1c[nH]c2nccc(N3CCC[C@@H]3C(=O)N3CCNCC3)c12. The zero-order chi connectivity index (χ0) is 16.5. The molecule has 0 saturated carbocycles. The summed E-state index contributed by atoms with van der Waals surface area (Å²) in [6.45, 7) is 4.07. The van der Waals surface area contributed by atoms with Crippen LogP contribution in [0.1, 0.15) is 18.4 Å². The summed E-state index contributed by atoms with van der Waals surface area (Å²) in [6, 6.07) is 3.99. The van der Waals surface area contributed by atoms with E-state index in [4.69, 9.17) is 0 Å². The van der Waals surface area contributed by atoms with Crippen LogP contribution in [0, 0.1) is 11.3 Å². The van der Waals surface area contributed by atoms with E-state index in [1.54, 1.807) is 12.4 Å². The Labute approximate surface area is 140 Å². The Kier molecular flexibility index (Phi) is 3.82. The first-order chi connectivity index (χ1) is 11.8. The van der Waals surface area contributed by atoms with Crippen LogP contribution >= 0.6 is 0 Å². The van der Waals surface area contributed by atoms with Gasteiger partial charge in [0.15, 0.2) is 0 Å². The van der Waals surface area contributed by atoms with E-state index in [-0.39, 0.29) is 11.9 Å². The van der Waals surface area contributed by atoms with Crippen molar-refractivity contribution < 1.29 is 4.79 Å². The number of carbonyl (C=O) groups excluding carboxylic acids is 1.